The number of hydrogen-bond donors (Lipinski definition) is 1. The van der Waals surface area contributed by atoms with E-state index in [-0.39, 0.29) is 5.25 Å². The lowest BCUT2D eigenvalue weighted by molar-refractivity contribution is 0.487. The highest BCUT2D eigenvalue weighted by Crippen LogP contribution is 2.25. The van der Waals surface area contributed by atoms with Gasteiger partial charge in [0.05, 0.1) is 11.3 Å². The predicted molar refractivity (Wildman–Crippen MR) is 58.6 cm³/mol. The predicted octanol–water partition coefficient (Wildman–Crippen LogP) is 1.54. The van der Waals surface area contributed by atoms with Crippen LogP contribution in [0.1, 0.15) is 46.0 Å². The zero-order valence-electron chi connectivity index (χ0n) is 9.28. The Morgan fingerprint density at radius 2 is 2.00 bits per heavy atom. The van der Waals surface area contributed by atoms with Crippen molar-refractivity contribution in [3.63, 3.8) is 0 Å². The first-order valence-electron chi connectivity index (χ1n) is 5.37. The molecule has 0 aromatic heterocycles. The van der Waals surface area contributed by atoms with Crippen molar-refractivity contribution in [2.24, 2.45) is 0 Å². The molecular formula is C10H18N2O2S. The van der Waals surface area contributed by atoms with Crippen molar-refractivity contribution in [1.29, 1.82) is 5.26 Å². The lowest BCUT2D eigenvalue weighted by atomic mass is 10.0. The maximum absolute atomic E-state index is 11.9. The van der Waals surface area contributed by atoms with Gasteiger partial charge in [0, 0.05) is 0 Å². The van der Waals surface area contributed by atoms with Gasteiger partial charge < -0.3 is 0 Å². The summed E-state index contributed by atoms with van der Waals surface area (Å²) in [6, 6.07) is 2.02. The highest BCUT2D eigenvalue weighted by atomic mass is 32.2. The van der Waals surface area contributed by atoms with E-state index in [0.29, 0.717) is 6.42 Å². The Labute approximate surface area is 91.7 Å². The third kappa shape index (κ3) is 2.93. The van der Waals surface area contributed by atoms with Gasteiger partial charge in [0.1, 0.15) is 5.54 Å². The van der Waals surface area contributed by atoms with Gasteiger partial charge in [0.15, 0.2) is 0 Å². The van der Waals surface area contributed by atoms with Crippen molar-refractivity contribution in [2.45, 2.75) is 56.7 Å². The molecule has 5 heteroatoms. The number of hydrogen-bond acceptors (Lipinski definition) is 3. The average molecular weight is 230 g/mol. The molecule has 1 fully saturated rings. The van der Waals surface area contributed by atoms with Gasteiger partial charge >= 0.3 is 0 Å². The van der Waals surface area contributed by atoms with Gasteiger partial charge in [-0.2, -0.15) is 9.98 Å². The zero-order valence-corrected chi connectivity index (χ0v) is 10.1. The summed E-state index contributed by atoms with van der Waals surface area (Å²) in [7, 11) is -3.31. The van der Waals surface area contributed by atoms with Gasteiger partial charge in [-0.05, 0) is 26.2 Å². The summed E-state index contributed by atoms with van der Waals surface area (Å²) in [5.41, 5.74) is -0.957. The molecule has 1 atom stereocenters. The molecule has 1 rings (SSSR count). The summed E-state index contributed by atoms with van der Waals surface area (Å²) in [6.45, 7) is 3.43. The second-order valence-electron chi connectivity index (χ2n) is 4.35. The first-order chi connectivity index (χ1) is 6.93. The molecule has 0 heterocycles. The maximum atomic E-state index is 11.9. The van der Waals surface area contributed by atoms with Crippen LogP contribution in [-0.2, 0) is 10.0 Å². The number of nitrogens with zero attached hydrogens (tertiary/aromatic N) is 1. The average Bonchev–Trinajstić information content (AvgIpc) is 2.70. The van der Waals surface area contributed by atoms with E-state index in [1.807, 2.05) is 6.07 Å². The third-order valence-corrected chi connectivity index (χ3v) is 5.15. The fourth-order valence-corrected chi connectivity index (χ4v) is 3.71. The molecule has 1 saturated carbocycles. The second kappa shape index (κ2) is 4.50. The van der Waals surface area contributed by atoms with Crippen LogP contribution < -0.4 is 4.72 Å². The molecule has 15 heavy (non-hydrogen) atoms. The molecule has 4 nitrogen and oxygen atoms in total. The van der Waals surface area contributed by atoms with Gasteiger partial charge in [0.2, 0.25) is 10.0 Å². The molecular weight excluding hydrogens is 212 g/mol. The summed E-state index contributed by atoms with van der Waals surface area (Å²) in [5.74, 6) is 0. The Hall–Kier alpha value is -0.600. The fraction of sp³-hybridized carbons (Fsp3) is 0.900. The van der Waals surface area contributed by atoms with E-state index in [2.05, 4.69) is 4.72 Å². The Bertz CT molecular complexity index is 352. The van der Waals surface area contributed by atoms with Gasteiger partial charge in [-0.15, -0.1) is 0 Å². The standard InChI is InChI=1S/C10H18N2O2S/c1-3-10(2,8-11)12-15(13,14)9-6-4-5-7-9/h9,12H,3-7H2,1-2H3. The molecule has 0 aliphatic heterocycles. The van der Waals surface area contributed by atoms with Crippen LogP contribution in [0.4, 0.5) is 0 Å². The molecule has 0 aromatic rings. The Balaban J connectivity index is 2.76. The fourth-order valence-electron chi connectivity index (χ4n) is 1.77. The molecule has 86 valence electrons. The first-order valence-corrected chi connectivity index (χ1v) is 6.92. The normalized spacial score (nSPS) is 22.2. The molecule has 0 bridgehead atoms. The summed E-state index contributed by atoms with van der Waals surface area (Å²) < 4.78 is 26.3. The smallest absolute Gasteiger partial charge is 0.212 e. The quantitative estimate of drug-likeness (QED) is 0.796. The minimum absolute atomic E-state index is 0.295. The Morgan fingerprint density at radius 3 is 2.40 bits per heavy atom. The van der Waals surface area contributed by atoms with E-state index in [4.69, 9.17) is 5.26 Å². The van der Waals surface area contributed by atoms with Crippen molar-refractivity contribution in [3.8, 4) is 6.07 Å². The summed E-state index contributed by atoms with van der Waals surface area (Å²) in [6.07, 6.45) is 3.87. The monoisotopic (exact) mass is 230 g/mol. The molecule has 0 radical (unpaired) electrons. The van der Waals surface area contributed by atoms with Crippen LogP contribution >= 0.6 is 0 Å². The third-order valence-electron chi connectivity index (χ3n) is 3.06. The Kier molecular flexibility index (Phi) is 3.74. The van der Waals surface area contributed by atoms with E-state index in [9.17, 15) is 8.42 Å². The molecule has 1 N–H and O–H groups in total. The van der Waals surface area contributed by atoms with Crippen molar-refractivity contribution in [2.75, 3.05) is 0 Å². The van der Waals surface area contributed by atoms with Crippen LogP contribution in [0.2, 0.25) is 0 Å². The molecule has 0 amide bonds. The van der Waals surface area contributed by atoms with Crippen LogP contribution in [0.5, 0.6) is 0 Å². The minimum Gasteiger partial charge on any atom is -0.212 e. The van der Waals surface area contributed by atoms with E-state index in [0.717, 1.165) is 25.7 Å². The van der Waals surface area contributed by atoms with E-state index in [1.165, 1.54) is 0 Å². The second-order valence-corrected chi connectivity index (χ2v) is 6.31. The lowest BCUT2D eigenvalue weighted by Gasteiger charge is -2.23. The molecule has 0 saturated heterocycles. The highest BCUT2D eigenvalue weighted by Gasteiger charge is 2.34. The first kappa shape index (κ1) is 12.5. The highest BCUT2D eigenvalue weighted by molar-refractivity contribution is 7.90. The summed E-state index contributed by atoms with van der Waals surface area (Å²) in [4.78, 5) is 0. The van der Waals surface area contributed by atoms with Gasteiger partial charge in [-0.1, -0.05) is 19.8 Å². The molecule has 0 spiro atoms. The number of nitrogens with one attached hydrogen (secondary N) is 1. The van der Waals surface area contributed by atoms with Crippen molar-refractivity contribution in [1.82, 2.24) is 4.72 Å². The lowest BCUT2D eigenvalue weighted by Crippen LogP contribution is -2.47. The van der Waals surface area contributed by atoms with Gasteiger partial charge in [-0.25, -0.2) is 8.42 Å². The molecule has 1 aliphatic carbocycles. The van der Waals surface area contributed by atoms with E-state index >= 15 is 0 Å². The summed E-state index contributed by atoms with van der Waals surface area (Å²) in [5, 5.41) is 8.62. The van der Waals surface area contributed by atoms with E-state index in [1.54, 1.807) is 13.8 Å². The topological polar surface area (TPSA) is 70.0 Å². The van der Waals surface area contributed by atoms with Crippen LogP contribution in [0.3, 0.4) is 0 Å². The number of rotatable bonds is 4. The summed E-state index contributed by atoms with van der Waals surface area (Å²) >= 11 is 0. The largest absolute Gasteiger partial charge is 0.215 e. The van der Waals surface area contributed by atoms with Gasteiger partial charge in [0.25, 0.3) is 0 Å². The molecule has 1 unspecified atom stereocenters. The number of nitriles is 1. The minimum atomic E-state index is -3.31. The maximum Gasteiger partial charge on any atom is 0.215 e. The van der Waals surface area contributed by atoms with Crippen molar-refractivity contribution < 1.29 is 8.42 Å². The zero-order chi connectivity index (χ0) is 11.5. The van der Waals surface area contributed by atoms with Gasteiger partial charge in [-0.3, -0.25) is 0 Å². The van der Waals surface area contributed by atoms with Crippen molar-refractivity contribution in [3.05, 3.63) is 0 Å². The molecule has 0 aromatic carbocycles. The number of sulfonamides is 1. The van der Waals surface area contributed by atoms with Crippen LogP contribution in [0.25, 0.3) is 0 Å². The van der Waals surface area contributed by atoms with Crippen LogP contribution in [0, 0.1) is 11.3 Å². The SMILES string of the molecule is CCC(C)(C#N)NS(=O)(=O)C1CCCC1. The van der Waals surface area contributed by atoms with Crippen LogP contribution in [-0.4, -0.2) is 19.2 Å². The molecule has 1 aliphatic rings. The van der Waals surface area contributed by atoms with Crippen molar-refractivity contribution >= 4 is 10.0 Å². The van der Waals surface area contributed by atoms with E-state index < -0.39 is 15.6 Å². The van der Waals surface area contributed by atoms with Crippen LogP contribution in [0.15, 0.2) is 0 Å². The Morgan fingerprint density at radius 1 is 1.47 bits per heavy atom.